The first-order valence-electron chi connectivity index (χ1n) is 7.18. The fourth-order valence-corrected chi connectivity index (χ4v) is 3.45. The van der Waals surface area contributed by atoms with Gasteiger partial charge in [0.1, 0.15) is 0 Å². The molecule has 20 heavy (non-hydrogen) atoms. The van der Waals surface area contributed by atoms with Crippen LogP contribution < -0.4 is 0 Å². The molecular formula is C16H23NO2S. The summed E-state index contributed by atoms with van der Waals surface area (Å²) < 4.78 is 0. The Morgan fingerprint density at radius 3 is 2.65 bits per heavy atom. The Hall–Kier alpha value is -1.00. The molecule has 1 aromatic carbocycles. The molecule has 0 bridgehead atoms. The molecule has 1 heterocycles. The lowest BCUT2D eigenvalue weighted by molar-refractivity contribution is -0.148. The predicted molar refractivity (Wildman–Crippen MR) is 83.1 cm³/mol. The van der Waals surface area contributed by atoms with E-state index >= 15 is 0 Å². The van der Waals surface area contributed by atoms with Crippen LogP contribution in [0.3, 0.4) is 0 Å². The molecule has 1 unspecified atom stereocenters. The molecule has 1 aliphatic heterocycles. The van der Waals surface area contributed by atoms with Crippen molar-refractivity contribution in [2.45, 2.75) is 37.6 Å². The Kier molecular flexibility index (Phi) is 5.11. The van der Waals surface area contributed by atoms with E-state index in [2.05, 4.69) is 42.3 Å². The number of aliphatic carboxylic acids is 1. The van der Waals surface area contributed by atoms with E-state index in [1.165, 1.54) is 10.5 Å². The number of nitrogens with zero attached hydrogens (tertiary/aromatic N) is 1. The summed E-state index contributed by atoms with van der Waals surface area (Å²) in [7, 11) is 0. The standard InChI is InChI=1S/C16H23NO2S/c1-3-8-16(15(18)19)9-10-17(12-16)11-13-4-6-14(20-2)7-5-13/h4-7H,3,8-12H2,1-2H3,(H,18,19). The van der Waals surface area contributed by atoms with E-state index in [4.69, 9.17) is 0 Å². The zero-order valence-electron chi connectivity index (χ0n) is 12.3. The summed E-state index contributed by atoms with van der Waals surface area (Å²) in [6.45, 7) is 4.49. The van der Waals surface area contributed by atoms with E-state index in [9.17, 15) is 9.90 Å². The SMILES string of the molecule is CCCC1(C(=O)O)CCN(Cc2ccc(SC)cc2)C1. The molecule has 1 aromatic rings. The largest absolute Gasteiger partial charge is 0.481 e. The number of thioether (sulfide) groups is 1. The van der Waals surface area contributed by atoms with E-state index in [1.807, 2.05) is 0 Å². The van der Waals surface area contributed by atoms with Gasteiger partial charge in [0.05, 0.1) is 5.41 Å². The fourth-order valence-electron chi connectivity index (χ4n) is 3.05. The van der Waals surface area contributed by atoms with Crippen LogP contribution in [-0.2, 0) is 11.3 Å². The van der Waals surface area contributed by atoms with Gasteiger partial charge in [-0.1, -0.05) is 25.5 Å². The summed E-state index contributed by atoms with van der Waals surface area (Å²) in [4.78, 5) is 15.1. The van der Waals surface area contributed by atoms with Gasteiger partial charge in [-0.2, -0.15) is 0 Å². The summed E-state index contributed by atoms with van der Waals surface area (Å²) in [5, 5.41) is 9.52. The maximum Gasteiger partial charge on any atom is 0.310 e. The molecule has 0 aliphatic carbocycles. The Balaban J connectivity index is 1.99. The summed E-state index contributed by atoms with van der Waals surface area (Å²) in [5.41, 5.74) is 0.744. The number of carboxylic acids is 1. The number of carboxylic acid groups (broad SMARTS) is 1. The number of hydrogen-bond acceptors (Lipinski definition) is 3. The molecule has 4 heteroatoms. The number of likely N-dealkylation sites (tertiary alicyclic amines) is 1. The molecule has 1 saturated heterocycles. The monoisotopic (exact) mass is 293 g/mol. The molecular weight excluding hydrogens is 270 g/mol. The summed E-state index contributed by atoms with van der Waals surface area (Å²) in [6, 6.07) is 8.55. The third-order valence-electron chi connectivity index (χ3n) is 4.18. The van der Waals surface area contributed by atoms with Gasteiger partial charge >= 0.3 is 5.97 Å². The molecule has 0 saturated carbocycles. The molecule has 0 radical (unpaired) electrons. The van der Waals surface area contributed by atoms with Gasteiger partial charge in [-0.15, -0.1) is 11.8 Å². The number of benzene rings is 1. The van der Waals surface area contributed by atoms with Crippen LogP contribution >= 0.6 is 11.8 Å². The number of rotatable bonds is 6. The second-order valence-electron chi connectivity index (χ2n) is 5.64. The van der Waals surface area contributed by atoms with Gasteiger partial charge in [0, 0.05) is 18.0 Å². The molecule has 3 nitrogen and oxygen atoms in total. The molecule has 1 N–H and O–H groups in total. The van der Waals surface area contributed by atoms with E-state index in [1.54, 1.807) is 11.8 Å². The minimum atomic E-state index is -0.625. The van der Waals surface area contributed by atoms with Crippen molar-refractivity contribution in [1.29, 1.82) is 0 Å². The van der Waals surface area contributed by atoms with Crippen molar-refractivity contribution in [3.05, 3.63) is 29.8 Å². The second-order valence-corrected chi connectivity index (χ2v) is 6.52. The van der Waals surface area contributed by atoms with Gasteiger partial charge in [0.2, 0.25) is 0 Å². The third kappa shape index (κ3) is 3.36. The van der Waals surface area contributed by atoms with Gasteiger partial charge in [0.25, 0.3) is 0 Å². The van der Waals surface area contributed by atoms with Gasteiger partial charge in [-0.3, -0.25) is 9.69 Å². The highest BCUT2D eigenvalue weighted by Crippen LogP contribution is 2.36. The number of carbonyl (C=O) groups is 1. The maximum atomic E-state index is 11.6. The van der Waals surface area contributed by atoms with Crippen molar-refractivity contribution >= 4 is 17.7 Å². The van der Waals surface area contributed by atoms with Crippen LogP contribution in [0.1, 0.15) is 31.7 Å². The summed E-state index contributed by atoms with van der Waals surface area (Å²) in [5.74, 6) is -0.625. The first-order valence-corrected chi connectivity index (χ1v) is 8.41. The van der Waals surface area contributed by atoms with Gasteiger partial charge < -0.3 is 5.11 Å². The Bertz CT molecular complexity index is 460. The van der Waals surface area contributed by atoms with E-state index in [0.29, 0.717) is 6.54 Å². The molecule has 1 fully saturated rings. The molecule has 0 aromatic heterocycles. The van der Waals surface area contributed by atoms with Crippen LogP contribution in [-0.4, -0.2) is 35.3 Å². The maximum absolute atomic E-state index is 11.6. The van der Waals surface area contributed by atoms with Crippen LogP contribution in [0.25, 0.3) is 0 Å². The minimum Gasteiger partial charge on any atom is -0.481 e. The average Bonchev–Trinajstić information content (AvgIpc) is 2.84. The van der Waals surface area contributed by atoms with Gasteiger partial charge in [-0.25, -0.2) is 0 Å². The third-order valence-corrected chi connectivity index (χ3v) is 4.92. The van der Waals surface area contributed by atoms with Crippen LogP contribution in [0, 0.1) is 5.41 Å². The first-order chi connectivity index (χ1) is 9.59. The van der Waals surface area contributed by atoms with Crippen molar-refractivity contribution in [3.8, 4) is 0 Å². The second kappa shape index (κ2) is 6.64. The summed E-state index contributed by atoms with van der Waals surface area (Å²) >= 11 is 1.74. The lowest BCUT2D eigenvalue weighted by Gasteiger charge is -2.24. The zero-order valence-corrected chi connectivity index (χ0v) is 13.1. The molecule has 2 rings (SSSR count). The average molecular weight is 293 g/mol. The van der Waals surface area contributed by atoms with Crippen LogP contribution in [0.5, 0.6) is 0 Å². The Labute approximate surface area is 125 Å². The van der Waals surface area contributed by atoms with Crippen LogP contribution in [0.15, 0.2) is 29.2 Å². The van der Waals surface area contributed by atoms with E-state index < -0.39 is 11.4 Å². The molecule has 1 aliphatic rings. The van der Waals surface area contributed by atoms with Crippen molar-refractivity contribution in [3.63, 3.8) is 0 Å². The lowest BCUT2D eigenvalue weighted by Crippen LogP contribution is -2.34. The topological polar surface area (TPSA) is 40.5 Å². The van der Waals surface area contributed by atoms with Crippen molar-refractivity contribution in [2.24, 2.45) is 5.41 Å². The van der Waals surface area contributed by atoms with Crippen molar-refractivity contribution < 1.29 is 9.90 Å². The van der Waals surface area contributed by atoms with E-state index in [0.717, 1.165) is 32.4 Å². The van der Waals surface area contributed by atoms with Crippen molar-refractivity contribution in [1.82, 2.24) is 4.90 Å². The van der Waals surface area contributed by atoms with Crippen molar-refractivity contribution in [2.75, 3.05) is 19.3 Å². The van der Waals surface area contributed by atoms with E-state index in [-0.39, 0.29) is 0 Å². The highest BCUT2D eigenvalue weighted by molar-refractivity contribution is 7.98. The normalized spacial score (nSPS) is 23.1. The first kappa shape index (κ1) is 15.4. The fraction of sp³-hybridized carbons (Fsp3) is 0.562. The Morgan fingerprint density at radius 2 is 2.10 bits per heavy atom. The molecule has 110 valence electrons. The molecule has 0 amide bonds. The molecule has 1 atom stereocenters. The predicted octanol–water partition coefficient (Wildman–Crippen LogP) is 3.49. The minimum absolute atomic E-state index is 0.520. The Morgan fingerprint density at radius 1 is 1.40 bits per heavy atom. The highest BCUT2D eigenvalue weighted by atomic mass is 32.2. The quantitative estimate of drug-likeness (QED) is 0.815. The molecule has 0 spiro atoms. The lowest BCUT2D eigenvalue weighted by atomic mass is 9.83. The number of hydrogen-bond donors (Lipinski definition) is 1. The zero-order chi connectivity index (χ0) is 14.6. The van der Waals surface area contributed by atoms with Gasteiger partial charge in [0.15, 0.2) is 0 Å². The summed E-state index contributed by atoms with van der Waals surface area (Å²) in [6.07, 6.45) is 4.56. The van der Waals surface area contributed by atoms with Crippen LogP contribution in [0.2, 0.25) is 0 Å². The van der Waals surface area contributed by atoms with Gasteiger partial charge in [-0.05, 0) is 43.3 Å². The highest BCUT2D eigenvalue weighted by Gasteiger charge is 2.43. The smallest absolute Gasteiger partial charge is 0.310 e. The van der Waals surface area contributed by atoms with Crippen LogP contribution in [0.4, 0.5) is 0 Å².